The molecule has 4 nitrogen and oxygen atoms in total. The Kier molecular flexibility index (Phi) is 5.90. The van der Waals surface area contributed by atoms with Crippen LogP contribution in [-0.2, 0) is 9.59 Å². The second-order valence-electron chi connectivity index (χ2n) is 10.7. The van der Waals surface area contributed by atoms with Crippen LogP contribution >= 0.6 is 0 Å². The maximum absolute atomic E-state index is 12.4. The zero-order chi connectivity index (χ0) is 18.9. The average molecular weight is 351 g/mol. The Bertz CT molecular complexity index is 433. The molecule has 0 unspecified atom stereocenters. The van der Waals surface area contributed by atoms with E-state index in [9.17, 15) is 9.59 Å². The summed E-state index contributed by atoms with van der Waals surface area (Å²) in [7, 11) is 0. The molecule has 0 aromatic heterocycles. The molecule has 2 rings (SSSR count). The Hall–Kier alpha value is -1.06. The molecule has 25 heavy (non-hydrogen) atoms. The fourth-order valence-electron chi connectivity index (χ4n) is 4.09. The monoisotopic (exact) mass is 350 g/mol. The molecule has 144 valence electrons. The normalized spacial score (nSPS) is 21.5. The van der Waals surface area contributed by atoms with E-state index in [4.69, 9.17) is 0 Å². The first-order chi connectivity index (χ1) is 11.4. The molecule has 0 atom stereocenters. The summed E-state index contributed by atoms with van der Waals surface area (Å²) >= 11 is 0. The number of amides is 2. The molecule has 0 radical (unpaired) electrons. The first kappa shape index (κ1) is 20.3. The lowest BCUT2D eigenvalue weighted by Crippen LogP contribution is -2.50. The molecular weight excluding hydrogens is 312 g/mol. The Morgan fingerprint density at radius 1 is 0.680 bits per heavy atom. The third-order valence-corrected chi connectivity index (χ3v) is 5.72. The van der Waals surface area contributed by atoms with Crippen LogP contribution in [0.4, 0.5) is 0 Å². The molecule has 2 heterocycles. The largest absolute Gasteiger partial charge is 0.343 e. The number of piperidine rings is 2. The van der Waals surface area contributed by atoms with Gasteiger partial charge in [-0.2, -0.15) is 0 Å². The van der Waals surface area contributed by atoms with Gasteiger partial charge < -0.3 is 9.80 Å². The SMILES string of the molecule is CC(C)(C)CC(=O)N1CCC2(CC1)CCN(C(=O)CC(C)(C)C)CC2. The van der Waals surface area contributed by atoms with Gasteiger partial charge in [0.1, 0.15) is 0 Å². The summed E-state index contributed by atoms with van der Waals surface area (Å²) in [5, 5.41) is 0. The molecule has 0 N–H and O–H groups in total. The van der Waals surface area contributed by atoms with Crippen molar-refractivity contribution in [3.63, 3.8) is 0 Å². The maximum atomic E-state index is 12.4. The highest BCUT2D eigenvalue weighted by atomic mass is 16.2. The Balaban J connectivity index is 1.81. The van der Waals surface area contributed by atoms with E-state index in [1.165, 1.54) is 0 Å². The Labute approximate surface area is 154 Å². The van der Waals surface area contributed by atoms with Crippen LogP contribution < -0.4 is 0 Å². The lowest BCUT2D eigenvalue weighted by Gasteiger charge is -2.47. The van der Waals surface area contributed by atoms with Gasteiger partial charge in [-0.3, -0.25) is 9.59 Å². The van der Waals surface area contributed by atoms with Crippen molar-refractivity contribution in [2.45, 2.75) is 80.1 Å². The second-order valence-corrected chi connectivity index (χ2v) is 10.7. The molecule has 0 aliphatic carbocycles. The van der Waals surface area contributed by atoms with Crippen LogP contribution in [0.2, 0.25) is 0 Å². The van der Waals surface area contributed by atoms with Gasteiger partial charge in [0.15, 0.2) is 0 Å². The standard InChI is InChI=1S/C21H38N2O2/c1-19(2,3)15-17(24)22-11-7-21(8-12-22)9-13-23(14-10-21)18(25)16-20(4,5)6/h7-16H2,1-6H3. The summed E-state index contributed by atoms with van der Waals surface area (Å²) in [6.45, 7) is 16.3. The van der Waals surface area contributed by atoms with Crippen molar-refractivity contribution < 1.29 is 9.59 Å². The molecule has 2 fully saturated rings. The predicted octanol–water partition coefficient (Wildman–Crippen LogP) is 4.09. The lowest BCUT2D eigenvalue weighted by atomic mass is 9.71. The van der Waals surface area contributed by atoms with Crippen LogP contribution in [-0.4, -0.2) is 47.8 Å². The molecular formula is C21H38N2O2. The number of rotatable bonds is 2. The van der Waals surface area contributed by atoms with Crippen LogP contribution in [0.15, 0.2) is 0 Å². The third-order valence-electron chi connectivity index (χ3n) is 5.72. The molecule has 2 aliphatic heterocycles. The van der Waals surface area contributed by atoms with Crippen LogP contribution in [0.3, 0.4) is 0 Å². The van der Waals surface area contributed by atoms with E-state index in [-0.39, 0.29) is 10.8 Å². The fraction of sp³-hybridized carbons (Fsp3) is 0.905. The topological polar surface area (TPSA) is 40.6 Å². The van der Waals surface area contributed by atoms with Gasteiger partial charge in [-0.1, -0.05) is 41.5 Å². The number of carbonyl (C=O) groups is 2. The van der Waals surface area contributed by atoms with E-state index in [0.717, 1.165) is 51.9 Å². The number of hydrogen-bond donors (Lipinski definition) is 0. The molecule has 0 aromatic carbocycles. The first-order valence-electron chi connectivity index (χ1n) is 9.95. The summed E-state index contributed by atoms with van der Waals surface area (Å²) < 4.78 is 0. The summed E-state index contributed by atoms with van der Waals surface area (Å²) in [4.78, 5) is 29.0. The zero-order valence-electron chi connectivity index (χ0n) is 17.3. The number of likely N-dealkylation sites (tertiary alicyclic amines) is 2. The van der Waals surface area contributed by atoms with E-state index in [1.807, 2.05) is 0 Å². The smallest absolute Gasteiger partial charge is 0.223 e. The minimum absolute atomic E-state index is 0.0605. The molecule has 2 saturated heterocycles. The van der Waals surface area contributed by atoms with Crippen molar-refractivity contribution in [1.82, 2.24) is 9.80 Å². The van der Waals surface area contributed by atoms with Crippen molar-refractivity contribution in [3.8, 4) is 0 Å². The third kappa shape index (κ3) is 6.00. The van der Waals surface area contributed by atoms with Gasteiger partial charge in [0, 0.05) is 39.0 Å². The highest BCUT2D eigenvalue weighted by Crippen LogP contribution is 2.42. The van der Waals surface area contributed by atoms with Crippen molar-refractivity contribution in [2.75, 3.05) is 26.2 Å². The summed E-state index contributed by atoms with van der Waals surface area (Å²) in [6, 6.07) is 0. The van der Waals surface area contributed by atoms with Crippen LogP contribution in [0.1, 0.15) is 80.1 Å². The van der Waals surface area contributed by atoms with Gasteiger partial charge in [-0.15, -0.1) is 0 Å². The van der Waals surface area contributed by atoms with E-state index in [2.05, 4.69) is 51.3 Å². The van der Waals surface area contributed by atoms with Gasteiger partial charge in [0.25, 0.3) is 0 Å². The maximum Gasteiger partial charge on any atom is 0.223 e. The van der Waals surface area contributed by atoms with E-state index in [0.29, 0.717) is 30.1 Å². The molecule has 0 bridgehead atoms. The zero-order valence-corrected chi connectivity index (χ0v) is 17.3. The molecule has 2 aliphatic rings. The van der Waals surface area contributed by atoms with Gasteiger partial charge in [-0.25, -0.2) is 0 Å². The van der Waals surface area contributed by atoms with Gasteiger partial charge in [-0.05, 0) is 41.9 Å². The molecule has 0 aromatic rings. The molecule has 4 heteroatoms. The first-order valence-corrected chi connectivity index (χ1v) is 9.95. The quantitative estimate of drug-likeness (QED) is 0.752. The average Bonchev–Trinajstić information content (AvgIpc) is 2.45. The lowest BCUT2D eigenvalue weighted by molar-refractivity contribution is -0.138. The van der Waals surface area contributed by atoms with Crippen molar-refractivity contribution in [1.29, 1.82) is 0 Å². The highest BCUT2D eigenvalue weighted by molar-refractivity contribution is 5.77. The van der Waals surface area contributed by atoms with Gasteiger partial charge >= 0.3 is 0 Å². The fourth-order valence-corrected chi connectivity index (χ4v) is 4.09. The second kappa shape index (κ2) is 7.28. The Morgan fingerprint density at radius 2 is 0.960 bits per heavy atom. The van der Waals surface area contributed by atoms with Crippen LogP contribution in [0.25, 0.3) is 0 Å². The van der Waals surface area contributed by atoms with E-state index < -0.39 is 0 Å². The van der Waals surface area contributed by atoms with Crippen molar-refractivity contribution in [3.05, 3.63) is 0 Å². The number of hydrogen-bond acceptors (Lipinski definition) is 2. The summed E-state index contributed by atoms with van der Waals surface area (Å²) in [6.07, 6.45) is 5.67. The van der Waals surface area contributed by atoms with Crippen LogP contribution in [0, 0.1) is 16.2 Å². The minimum Gasteiger partial charge on any atom is -0.343 e. The van der Waals surface area contributed by atoms with E-state index in [1.54, 1.807) is 0 Å². The molecule has 2 amide bonds. The Morgan fingerprint density at radius 3 is 1.20 bits per heavy atom. The summed E-state index contributed by atoms with van der Waals surface area (Å²) in [5.74, 6) is 0.611. The molecule has 0 saturated carbocycles. The molecule has 1 spiro atoms. The van der Waals surface area contributed by atoms with Gasteiger partial charge in [0.2, 0.25) is 11.8 Å². The minimum atomic E-state index is 0.0605. The van der Waals surface area contributed by atoms with E-state index >= 15 is 0 Å². The summed E-state index contributed by atoms with van der Waals surface area (Å²) in [5.41, 5.74) is 0.479. The van der Waals surface area contributed by atoms with Crippen molar-refractivity contribution in [2.24, 2.45) is 16.2 Å². The van der Waals surface area contributed by atoms with Crippen LogP contribution in [0.5, 0.6) is 0 Å². The number of carbonyl (C=O) groups excluding carboxylic acids is 2. The predicted molar refractivity (Wildman–Crippen MR) is 102 cm³/mol. The number of nitrogens with zero attached hydrogens (tertiary/aromatic N) is 2. The van der Waals surface area contributed by atoms with Gasteiger partial charge in [0.05, 0.1) is 0 Å². The van der Waals surface area contributed by atoms with Crippen molar-refractivity contribution >= 4 is 11.8 Å². The highest BCUT2D eigenvalue weighted by Gasteiger charge is 2.39.